The molecule has 5 aromatic rings. The van der Waals surface area contributed by atoms with Crippen LogP contribution in [-0.2, 0) is 5.41 Å². The first-order valence-corrected chi connectivity index (χ1v) is 14.4. The van der Waals surface area contributed by atoms with Crippen molar-refractivity contribution in [3.8, 4) is 11.1 Å². The Balaban J connectivity index is 1.30. The Labute approximate surface area is 241 Å². The number of dihydropyridines is 2. The molecular weight excluding hydrogens is 496 g/mol. The molecule has 3 aliphatic rings. The van der Waals surface area contributed by atoms with E-state index in [1.54, 1.807) is 0 Å². The Morgan fingerprint density at radius 3 is 1.95 bits per heavy atom. The van der Waals surface area contributed by atoms with Gasteiger partial charge in [0.25, 0.3) is 0 Å². The fourth-order valence-corrected chi connectivity index (χ4v) is 6.91. The molecule has 0 aromatic heterocycles. The number of benzene rings is 5. The maximum Gasteiger partial charge on any atom is 0.0743 e. The molecule has 8 rings (SSSR count). The second-order valence-corrected chi connectivity index (χ2v) is 11.0. The van der Waals surface area contributed by atoms with Crippen molar-refractivity contribution >= 4 is 16.3 Å². The van der Waals surface area contributed by atoms with Gasteiger partial charge in [-0.25, -0.2) is 0 Å². The van der Waals surface area contributed by atoms with Gasteiger partial charge >= 0.3 is 0 Å². The van der Waals surface area contributed by atoms with Gasteiger partial charge in [0.1, 0.15) is 0 Å². The topological polar surface area (TPSA) is 24.1 Å². The Kier molecular flexibility index (Phi) is 5.53. The van der Waals surface area contributed by atoms with E-state index in [4.69, 9.17) is 0 Å². The van der Waals surface area contributed by atoms with Crippen molar-refractivity contribution in [2.45, 2.75) is 5.41 Å². The van der Waals surface area contributed by atoms with E-state index < -0.39 is 5.41 Å². The van der Waals surface area contributed by atoms with E-state index in [2.05, 4.69) is 156 Å². The highest BCUT2D eigenvalue weighted by Gasteiger charge is 2.49. The summed E-state index contributed by atoms with van der Waals surface area (Å²) in [7, 11) is 0. The van der Waals surface area contributed by atoms with Crippen LogP contribution in [0.15, 0.2) is 168 Å². The summed E-state index contributed by atoms with van der Waals surface area (Å²) in [6.45, 7) is 1.61. The molecule has 1 aliphatic carbocycles. The fourth-order valence-electron chi connectivity index (χ4n) is 6.91. The summed E-state index contributed by atoms with van der Waals surface area (Å²) in [5.74, 6) is 0. The summed E-state index contributed by atoms with van der Waals surface area (Å²) >= 11 is 0. The van der Waals surface area contributed by atoms with Crippen LogP contribution in [-0.4, -0.2) is 13.1 Å². The first-order chi connectivity index (χ1) is 20.3. The highest BCUT2D eigenvalue weighted by molar-refractivity contribution is 5.88. The van der Waals surface area contributed by atoms with Crippen LogP contribution in [0.5, 0.6) is 0 Å². The van der Waals surface area contributed by atoms with Gasteiger partial charge in [-0.05, 0) is 73.5 Å². The van der Waals surface area contributed by atoms with Crippen LogP contribution in [0.2, 0.25) is 0 Å². The van der Waals surface area contributed by atoms with Crippen molar-refractivity contribution in [1.29, 1.82) is 0 Å². The highest BCUT2D eigenvalue weighted by Crippen LogP contribution is 2.55. The quantitative estimate of drug-likeness (QED) is 0.247. The molecule has 0 radical (unpaired) electrons. The van der Waals surface area contributed by atoms with Crippen LogP contribution in [0, 0.1) is 0 Å². The molecular formula is C39H30N2. The van der Waals surface area contributed by atoms with Crippen molar-refractivity contribution in [3.63, 3.8) is 0 Å². The Morgan fingerprint density at radius 1 is 0.512 bits per heavy atom. The maximum absolute atomic E-state index is 3.86. The van der Waals surface area contributed by atoms with E-state index in [0.717, 1.165) is 13.1 Å². The molecule has 0 amide bonds. The lowest BCUT2D eigenvalue weighted by atomic mass is 9.65. The molecule has 2 aliphatic heterocycles. The average molecular weight is 527 g/mol. The van der Waals surface area contributed by atoms with Gasteiger partial charge in [0, 0.05) is 13.1 Å². The van der Waals surface area contributed by atoms with Crippen molar-refractivity contribution in [1.82, 2.24) is 10.6 Å². The monoisotopic (exact) mass is 526 g/mol. The zero-order chi connectivity index (χ0) is 27.2. The van der Waals surface area contributed by atoms with Gasteiger partial charge in [-0.1, -0.05) is 127 Å². The van der Waals surface area contributed by atoms with Crippen LogP contribution < -0.4 is 10.6 Å². The van der Waals surface area contributed by atoms with Crippen LogP contribution in [0.25, 0.3) is 27.5 Å². The summed E-state index contributed by atoms with van der Waals surface area (Å²) in [5.41, 5.74) is 12.2. The van der Waals surface area contributed by atoms with Crippen LogP contribution >= 0.6 is 0 Å². The van der Waals surface area contributed by atoms with Crippen molar-refractivity contribution in [3.05, 3.63) is 185 Å². The van der Waals surface area contributed by atoms with Crippen molar-refractivity contribution < 1.29 is 0 Å². The Bertz CT molecular complexity index is 1880. The minimum Gasteiger partial charge on any atom is -0.380 e. The molecule has 2 N–H and O–H groups in total. The molecule has 0 bridgehead atoms. The lowest BCUT2D eigenvalue weighted by molar-refractivity contribution is 0.737. The molecule has 0 spiro atoms. The first-order valence-electron chi connectivity index (χ1n) is 14.4. The summed E-state index contributed by atoms with van der Waals surface area (Å²) in [5, 5.41) is 10.1. The predicted octanol–water partition coefficient (Wildman–Crippen LogP) is 8.16. The number of hydrogen-bond acceptors (Lipinski definition) is 2. The zero-order valence-electron chi connectivity index (χ0n) is 22.8. The second-order valence-electron chi connectivity index (χ2n) is 11.0. The van der Waals surface area contributed by atoms with E-state index in [1.807, 2.05) is 0 Å². The Hall–Kier alpha value is -5.08. The summed E-state index contributed by atoms with van der Waals surface area (Å²) < 4.78 is 0. The minimum atomic E-state index is -0.411. The molecule has 2 heteroatoms. The molecule has 41 heavy (non-hydrogen) atoms. The minimum absolute atomic E-state index is 0.411. The molecule has 2 heterocycles. The fraction of sp³-hybridized carbons (Fsp3) is 0.0769. The van der Waals surface area contributed by atoms with E-state index >= 15 is 0 Å². The third kappa shape index (κ3) is 3.72. The van der Waals surface area contributed by atoms with Gasteiger partial charge < -0.3 is 10.6 Å². The number of fused-ring (bicyclic) bond motifs is 2. The van der Waals surface area contributed by atoms with Gasteiger partial charge in [-0.3, -0.25) is 0 Å². The Morgan fingerprint density at radius 2 is 1.17 bits per heavy atom. The van der Waals surface area contributed by atoms with E-state index in [-0.39, 0.29) is 0 Å². The molecule has 0 atom stereocenters. The van der Waals surface area contributed by atoms with Crippen LogP contribution in [0.4, 0.5) is 0 Å². The third-order valence-electron chi connectivity index (χ3n) is 8.78. The molecule has 0 fully saturated rings. The van der Waals surface area contributed by atoms with Gasteiger partial charge in [0.15, 0.2) is 0 Å². The van der Waals surface area contributed by atoms with Gasteiger partial charge in [0.2, 0.25) is 0 Å². The van der Waals surface area contributed by atoms with E-state index in [0.29, 0.717) is 0 Å². The molecule has 0 unspecified atom stereocenters. The zero-order valence-corrected chi connectivity index (χ0v) is 22.8. The van der Waals surface area contributed by atoms with Crippen molar-refractivity contribution in [2.24, 2.45) is 0 Å². The molecule has 0 saturated heterocycles. The molecule has 0 saturated carbocycles. The van der Waals surface area contributed by atoms with Gasteiger partial charge in [0.05, 0.1) is 16.8 Å². The lowest BCUT2D eigenvalue weighted by Crippen LogP contribution is -2.32. The number of nitrogens with one attached hydrogen (secondary N) is 2. The predicted molar refractivity (Wildman–Crippen MR) is 170 cm³/mol. The van der Waals surface area contributed by atoms with Gasteiger partial charge in [-0.2, -0.15) is 0 Å². The number of allylic oxidation sites excluding steroid dienone is 4. The van der Waals surface area contributed by atoms with Crippen LogP contribution in [0.3, 0.4) is 0 Å². The maximum atomic E-state index is 3.86. The van der Waals surface area contributed by atoms with Crippen molar-refractivity contribution in [2.75, 3.05) is 13.1 Å². The third-order valence-corrected chi connectivity index (χ3v) is 8.78. The summed E-state index contributed by atoms with van der Waals surface area (Å²) in [6, 6.07) is 46.3. The lowest BCUT2D eigenvalue weighted by Gasteiger charge is -2.37. The standard InChI is InChI=1S/C39H30N2/c1-3-15-33(16-4-1)39(34-17-5-2-6-18-34)35-19-10-22-40-37(35)38-36(39)25-32(26-41-38)30-14-9-13-29(24-30)31-21-20-27-11-7-8-12-28(27)23-31/h1-21,23-25,40-41H,22,26H2. The molecule has 196 valence electrons. The van der Waals surface area contributed by atoms with Crippen LogP contribution in [0.1, 0.15) is 16.7 Å². The number of rotatable bonds is 4. The molecule has 5 aromatic carbocycles. The highest BCUT2D eigenvalue weighted by atomic mass is 15.0. The summed E-state index contributed by atoms with van der Waals surface area (Å²) in [4.78, 5) is 0. The number of hydrogen-bond donors (Lipinski definition) is 2. The normalized spacial score (nSPS) is 17.0. The van der Waals surface area contributed by atoms with Gasteiger partial charge in [-0.15, -0.1) is 0 Å². The summed E-state index contributed by atoms with van der Waals surface area (Å²) in [6.07, 6.45) is 7.04. The largest absolute Gasteiger partial charge is 0.380 e. The first kappa shape index (κ1) is 23.8. The smallest absolute Gasteiger partial charge is 0.0743 e. The average Bonchev–Trinajstić information content (AvgIpc) is 3.36. The van der Waals surface area contributed by atoms with E-state index in [9.17, 15) is 0 Å². The molecule has 2 nitrogen and oxygen atoms in total. The van der Waals surface area contributed by atoms with E-state index in [1.165, 1.54) is 66.7 Å². The SMILES string of the molecule is C1=CC2=C(NC1)C1=C(C=C(c3cccc(-c4ccc5ccccc5c4)c3)CN1)C2(c1ccccc1)c1ccccc1. The second kappa shape index (κ2) is 9.53.